The molecule has 4 nitrogen and oxygen atoms in total. The van der Waals surface area contributed by atoms with Gasteiger partial charge in [-0.15, -0.1) is 0 Å². The average Bonchev–Trinajstić information content (AvgIpc) is 2.70. The van der Waals surface area contributed by atoms with Crippen LogP contribution < -0.4 is 10.1 Å². The Labute approximate surface area is 168 Å². The van der Waals surface area contributed by atoms with Crippen LogP contribution in [0.25, 0.3) is 0 Å². The predicted octanol–water partition coefficient (Wildman–Crippen LogP) is 6.48. The van der Waals surface area contributed by atoms with E-state index in [2.05, 4.69) is 44.1 Å². The normalized spacial score (nSPS) is 11.7. The quantitative estimate of drug-likeness (QED) is 0.459. The Hall–Kier alpha value is -2.14. The zero-order chi connectivity index (χ0) is 19.5. The molecular weight excluding hydrogens is 356 g/mol. The molecule has 2 amide bonds. The lowest BCUT2D eigenvalue weighted by molar-refractivity contribution is 0.191. The first-order chi connectivity index (χ1) is 13.1. The van der Waals surface area contributed by atoms with Crippen LogP contribution in [0, 0.1) is 0 Å². The second-order valence-electron chi connectivity index (χ2n) is 6.59. The third-order valence-electron chi connectivity index (χ3n) is 4.31. The fraction of sp³-hybridized carbons (Fsp3) is 0.409. The van der Waals surface area contributed by atoms with E-state index in [-0.39, 0.29) is 12.1 Å². The van der Waals surface area contributed by atoms with Gasteiger partial charge in [-0.3, -0.25) is 4.31 Å². The van der Waals surface area contributed by atoms with E-state index in [9.17, 15) is 4.79 Å². The predicted molar refractivity (Wildman–Crippen MR) is 115 cm³/mol. The van der Waals surface area contributed by atoms with E-state index >= 15 is 0 Å². The van der Waals surface area contributed by atoms with Crippen LogP contribution in [0.5, 0.6) is 5.75 Å². The molecule has 0 aliphatic carbocycles. The van der Waals surface area contributed by atoms with Crippen LogP contribution in [0.1, 0.15) is 57.6 Å². The molecule has 0 aromatic heterocycles. The minimum atomic E-state index is -0.227. The summed E-state index contributed by atoms with van der Waals surface area (Å²) in [7, 11) is 0. The van der Waals surface area contributed by atoms with Crippen molar-refractivity contribution in [3.05, 3.63) is 60.2 Å². The third-order valence-corrected chi connectivity index (χ3v) is 4.69. The monoisotopic (exact) mass is 386 g/mol. The van der Waals surface area contributed by atoms with Crippen molar-refractivity contribution in [2.24, 2.45) is 0 Å². The molecule has 0 aliphatic rings. The summed E-state index contributed by atoms with van der Waals surface area (Å²) in [6.07, 6.45) is 5.13. The van der Waals surface area contributed by atoms with E-state index < -0.39 is 0 Å². The number of benzene rings is 2. The Morgan fingerprint density at radius 1 is 1.07 bits per heavy atom. The summed E-state index contributed by atoms with van der Waals surface area (Å²) < 4.78 is 7.67. The highest BCUT2D eigenvalue weighted by atomic mass is 32.1. The van der Waals surface area contributed by atoms with Crippen molar-refractivity contribution in [1.82, 2.24) is 4.31 Å². The summed E-state index contributed by atoms with van der Waals surface area (Å²) in [6, 6.07) is 17.6. The van der Waals surface area contributed by atoms with E-state index in [1.54, 1.807) is 0 Å². The molecule has 0 saturated heterocycles. The third kappa shape index (κ3) is 7.18. The average molecular weight is 387 g/mol. The zero-order valence-corrected chi connectivity index (χ0v) is 17.1. The number of unbranched alkanes of at least 4 members (excludes halogenated alkanes) is 2. The maximum atomic E-state index is 12.2. The van der Waals surface area contributed by atoms with Crippen molar-refractivity contribution in [2.75, 3.05) is 11.9 Å². The molecular formula is C22H30N2O2S. The van der Waals surface area contributed by atoms with Crippen molar-refractivity contribution in [3.8, 4) is 5.75 Å². The van der Waals surface area contributed by atoms with E-state index in [0.717, 1.165) is 37.9 Å². The topological polar surface area (TPSA) is 41.6 Å². The van der Waals surface area contributed by atoms with Gasteiger partial charge >= 0.3 is 6.03 Å². The molecule has 2 rings (SSSR count). The molecule has 0 saturated carbocycles. The van der Waals surface area contributed by atoms with Gasteiger partial charge in [-0.2, -0.15) is 0 Å². The first-order valence-corrected chi connectivity index (χ1v) is 10.1. The number of hydrogen-bond donors (Lipinski definition) is 2. The van der Waals surface area contributed by atoms with Gasteiger partial charge < -0.3 is 10.1 Å². The molecule has 1 unspecified atom stereocenters. The number of urea groups is 1. The fourth-order valence-electron chi connectivity index (χ4n) is 2.76. The highest BCUT2D eigenvalue weighted by Gasteiger charge is 2.14. The molecule has 2 aromatic rings. The van der Waals surface area contributed by atoms with Gasteiger partial charge in [-0.05, 0) is 37.0 Å². The number of amides is 2. The number of nitrogens with one attached hydrogen (secondary N) is 1. The van der Waals surface area contributed by atoms with Gasteiger partial charge in [0.15, 0.2) is 0 Å². The number of thiol groups is 1. The maximum Gasteiger partial charge on any atom is 0.331 e. The molecule has 5 heteroatoms. The summed E-state index contributed by atoms with van der Waals surface area (Å²) in [6.45, 7) is 4.89. The minimum Gasteiger partial charge on any atom is -0.486 e. The van der Waals surface area contributed by atoms with Gasteiger partial charge in [0.25, 0.3) is 0 Å². The number of ether oxygens (including phenoxy) is 1. The molecule has 2 aromatic carbocycles. The van der Waals surface area contributed by atoms with Crippen LogP contribution >= 0.6 is 12.8 Å². The van der Waals surface area contributed by atoms with E-state index in [1.165, 1.54) is 9.87 Å². The van der Waals surface area contributed by atoms with Gasteiger partial charge in [-0.1, -0.05) is 75.9 Å². The Kier molecular flexibility index (Phi) is 9.05. The molecule has 27 heavy (non-hydrogen) atoms. The highest BCUT2D eigenvalue weighted by molar-refractivity contribution is 7.78. The van der Waals surface area contributed by atoms with E-state index in [1.807, 2.05) is 42.5 Å². The summed E-state index contributed by atoms with van der Waals surface area (Å²) >= 11 is 4.25. The summed E-state index contributed by atoms with van der Waals surface area (Å²) in [5.74, 6) is 0.747. The Bertz CT molecular complexity index is 694. The highest BCUT2D eigenvalue weighted by Crippen LogP contribution is 2.28. The lowest BCUT2D eigenvalue weighted by atomic mass is 10.0. The molecule has 0 aliphatic heterocycles. The smallest absolute Gasteiger partial charge is 0.331 e. The summed E-state index contributed by atoms with van der Waals surface area (Å²) in [5, 5.41) is 2.88. The molecule has 0 fully saturated rings. The van der Waals surface area contributed by atoms with Crippen molar-refractivity contribution in [2.45, 2.75) is 52.1 Å². The van der Waals surface area contributed by atoms with Gasteiger partial charge in [0, 0.05) is 18.3 Å². The molecule has 1 N–H and O–H groups in total. The Morgan fingerprint density at radius 2 is 1.81 bits per heavy atom. The molecule has 0 bridgehead atoms. The fourth-order valence-corrected chi connectivity index (χ4v) is 2.95. The second kappa shape index (κ2) is 11.5. The number of hydrogen-bond acceptors (Lipinski definition) is 3. The van der Waals surface area contributed by atoms with Crippen LogP contribution in [0.3, 0.4) is 0 Å². The van der Waals surface area contributed by atoms with Crippen LogP contribution in [0.2, 0.25) is 0 Å². The second-order valence-corrected chi connectivity index (χ2v) is 7.08. The number of carbonyl (C=O) groups excluding carboxylic acids is 1. The Morgan fingerprint density at radius 3 is 2.52 bits per heavy atom. The van der Waals surface area contributed by atoms with Crippen molar-refractivity contribution >= 4 is 24.5 Å². The molecule has 0 heterocycles. The summed E-state index contributed by atoms with van der Waals surface area (Å²) in [5.41, 5.74) is 1.87. The lowest BCUT2D eigenvalue weighted by Gasteiger charge is -2.20. The zero-order valence-electron chi connectivity index (χ0n) is 16.2. The SMILES string of the molecule is CCCCC(Oc1cccc(NC(=O)N(S)CCCC)c1)c1ccccc1. The van der Waals surface area contributed by atoms with Gasteiger partial charge in [0.1, 0.15) is 11.9 Å². The van der Waals surface area contributed by atoms with Crippen molar-refractivity contribution < 1.29 is 9.53 Å². The van der Waals surface area contributed by atoms with Crippen LogP contribution in [-0.2, 0) is 0 Å². The Balaban J connectivity index is 2.05. The number of nitrogens with zero attached hydrogens (tertiary/aromatic N) is 1. The molecule has 0 spiro atoms. The number of anilines is 1. The van der Waals surface area contributed by atoms with Gasteiger partial charge in [0.05, 0.1) is 0 Å². The first kappa shape index (κ1) is 21.2. The van der Waals surface area contributed by atoms with Crippen LogP contribution in [0.4, 0.5) is 10.5 Å². The largest absolute Gasteiger partial charge is 0.486 e. The van der Waals surface area contributed by atoms with Crippen molar-refractivity contribution in [1.29, 1.82) is 0 Å². The molecule has 1 atom stereocenters. The van der Waals surface area contributed by atoms with Crippen LogP contribution in [0.15, 0.2) is 54.6 Å². The molecule has 0 radical (unpaired) electrons. The van der Waals surface area contributed by atoms with Gasteiger partial charge in [0.2, 0.25) is 0 Å². The lowest BCUT2D eigenvalue weighted by Crippen LogP contribution is -2.27. The number of rotatable bonds is 10. The minimum absolute atomic E-state index is 0.00281. The molecule has 146 valence electrons. The first-order valence-electron chi connectivity index (χ1n) is 9.73. The summed E-state index contributed by atoms with van der Waals surface area (Å²) in [4.78, 5) is 12.2. The van der Waals surface area contributed by atoms with E-state index in [0.29, 0.717) is 12.2 Å². The standard InChI is InChI=1S/C22H30N2O2S/c1-3-5-15-21(18-11-8-7-9-12-18)26-20-14-10-13-19(17-20)23-22(25)24(27)16-6-4-2/h7-14,17,21,27H,3-6,15-16H2,1-2H3,(H,23,25). The maximum absolute atomic E-state index is 12.2. The van der Waals surface area contributed by atoms with Crippen LogP contribution in [-0.4, -0.2) is 16.9 Å². The van der Waals surface area contributed by atoms with E-state index in [4.69, 9.17) is 4.74 Å². The van der Waals surface area contributed by atoms with Crippen molar-refractivity contribution in [3.63, 3.8) is 0 Å². The van der Waals surface area contributed by atoms with Gasteiger partial charge in [-0.25, -0.2) is 4.79 Å². The number of carbonyl (C=O) groups is 1.